The van der Waals surface area contributed by atoms with Crippen molar-refractivity contribution in [3.8, 4) is 22.9 Å². The van der Waals surface area contributed by atoms with Gasteiger partial charge in [0.2, 0.25) is 6.79 Å². The van der Waals surface area contributed by atoms with Crippen molar-refractivity contribution in [1.29, 1.82) is 0 Å². The first-order valence-electron chi connectivity index (χ1n) is 17.9. The molecule has 4 heterocycles. The molecule has 9 rings (SSSR count). The Hall–Kier alpha value is -5.81. The van der Waals surface area contributed by atoms with Crippen LogP contribution in [0.25, 0.3) is 16.6 Å². The van der Waals surface area contributed by atoms with E-state index in [4.69, 9.17) is 14.2 Å². The van der Waals surface area contributed by atoms with Gasteiger partial charge in [-0.1, -0.05) is 60.7 Å². The predicted octanol–water partition coefficient (Wildman–Crippen LogP) is 7.36. The highest BCUT2D eigenvalue weighted by molar-refractivity contribution is 6.17. The highest BCUT2D eigenvalue weighted by atomic mass is 35.5. The Morgan fingerprint density at radius 2 is 1.43 bits per heavy atom. The van der Waals surface area contributed by atoms with Crippen LogP contribution in [0.15, 0.2) is 121 Å². The second kappa shape index (κ2) is 14.9. The molecule has 6 aromatic rings. The van der Waals surface area contributed by atoms with E-state index in [9.17, 15) is 9.90 Å². The number of aromatic nitrogens is 1. The molecule has 3 aliphatic rings. The van der Waals surface area contributed by atoms with Gasteiger partial charge < -0.3 is 28.8 Å². The first-order valence-corrected chi connectivity index (χ1v) is 17.9. The number of nitrogens with zero attached hydrogens (tertiary/aromatic N) is 4. The van der Waals surface area contributed by atoms with Crippen molar-refractivity contribution in [3.05, 3.63) is 144 Å². The number of fused-ring (bicyclic) bond motifs is 3. The Balaban J connectivity index is 0.00000413. The largest absolute Gasteiger partial charge is 0.508 e. The van der Waals surface area contributed by atoms with Crippen LogP contribution in [0.4, 0.5) is 11.4 Å². The fourth-order valence-corrected chi connectivity index (χ4v) is 7.76. The molecule has 3 aliphatic heterocycles. The van der Waals surface area contributed by atoms with Crippen LogP contribution in [0.2, 0.25) is 0 Å². The minimum absolute atomic E-state index is 0. The first kappa shape index (κ1) is 35.2. The molecule has 1 aromatic heterocycles. The van der Waals surface area contributed by atoms with Crippen molar-refractivity contribution in [2.24, 2.45) is 0 Å². The first-order chi connectivity index (χ1) is 26.0. The van der Waals surface area contributed by atoms with Crippen molar-refractivity contribution in [3.63, 3.8) is 0 Å². The van der Waals surface area contributed by atoms with Crippen molar-refractivity contribution >= 4 is 46.5 Å². The molecule has 0 bridgehead atoms. The molecule has 10 nitrogen and oxygen atoms in total. The number of phenols is 1. The average Bonchev–Trinajstić information content (AvgIpc) is 3.83. The summed E-state index contributed by atoms with van der Waals surface area (Å²) in [4.78, 5) is 35.9. The molecule has 1 saturated heterocycles. The lowest BCUT2D eigenvalue weighted by atomic mass is 9.92. The number of amides is 2. The average molecular weight is 743 g/mol. The zero-order valence-corrected chi connectivity index (χ0v) is 30.3. The maximum Gasteiger partial charge on any atom is 0.265 e. The quantitative estimate of drug-likeness (QED) is 0.183. The summed E-state index contributed by atoms with van der Waals surface area (Å²) in [6.45, 7) is 4.28. The molecule has 1 fully saturated rings. The molecule has 1 N–H and O–H groups in total. The summed E-state index contributed by atoms with van der Waals surface area (Å²) >= 11 is 0. The number of anilines is 2. The molecular weight excluding hydrogens is 704 g/mol. The summed E-state index contributed by atoms with van der Waals surface area (Å²) in [6, 6.07) is 35.6. The number of benzene rings is 5. The lowest BCUT2D eigenvalue weighted by molar-refractivity contribution is 0.0192. The van der Waals surface area contributed by atoms with Crippen LogP contribution >= 0.6 is 12.4 Å². The van der Waals surface area contributed by atoms with Crippen molar-refractivity contribution < 1.29 is 28.9 Å². The molecule has 0 radical (unpaired) electrons. The second-order valence-corrected chi connectivity index (χ2v) is 13.6. The number of rotatable bonds is 7. The fourth-order valence-electron chi connectivity index (χ4n) is 7.76. The van der Waals surface area contributed by atoms with Gasteiger partial charge in [-0.3, -0.25) is 19.4 Å². The van der Waals surface area contributed by atoms with Crippen molar-refractivity contribution in [2.45, 2.75) is 19.0 Å². The normalized spacial score (nSPS) is 16.4. The molecule has 54 heavy (non-hydrogen) atoms. The Kier molecular flexibility index (Phi) is 9.72. The zero-order valence-electron chi connectivity index (χ0n) is 29.5. The van der Waals surface area contributed by atoms with E-state index >= 15 is 4.79 Å². The molecule has 0 spiro atoms. The minimum Gasteiger partial charge on any atom is -0.508 e. The summed E-state index contributed by atoms with van der Waals surface area (Å²) in [5.41, 5.74) is 5.94. The highest BCUT2D eigenvalue weighted by Crippen LogP contribution is 2.40. The van der Waals surface area contributed by atoms with Crippen LogP contribution < -0.4 is 14.4 Å². The van der Waals surface area contributed by atoms with E-state index in [0.717, 1.165) is 42.5 Å². The second-order valence-electron chi connectivity index (χ2n) is 13.6. The van der Waals surface area contributed by atoms with Crippen LogP contribution in [0.3, 0.4) is 0 Å². The van der Waals surface area contributed by atoms with Gasteiger partial charge in [-0.05, 0) is 66.1 Å². The molecule has 11 heteroatoms. The minimum atomic E-state index is -0.260. The summed E-state index contributed by atoms with van der Waals surface area (Å²) in [5.74, 6) is 0.770. The number of hydrogen-bond acceptors (Lipinski definition) is 7. The highest BCUT2D eigenvalue weighted by Gasteiger charge is 2.35. The van der Waals surface area contributed by atoms with E-state index in [1.807, 2.05) is 82.4 Å². The zero-order chi connectivity index (χ0) is 35.9. The maximum absolute atomic E-state index is 15.1. The fraction of sp³-hybridized carbons (Fsp3) is 0.209. The predicted molar refractivity (Wildman–Crippen MR) is 209 cm³/mol. The summed E-state index contributed by atoms with van der Waals surface area (Å²) < 4.78 is 19.3. The molecule has 274 valence electrons. The number of morpholine rings is 1. The monoisotopic (exact) mass is 742 g/mol. The molecule has 1 atom stereocenters. The number of halogens is 1. The Bertz CT molecular complexity index is 2320. The van der Waals surface area contributed by atoms with Gasteiger partial charge in [-0.25, -0.2) is 0 Å². The molecule has 0 unspecified atom stereocenters. The number of aromatic hydroxyl groups is 1. The summed E-state index contributed by atoms with van der Waals surface area (Å²) in [7, 11) is 0. The Labute approximate surface area is 319 Å². The molecule has 5 aromatic carbocycles. The van der Waals surface area contributed by atoms with Gasteiger partial charge in [0.05, 0.1) is 35.5 Å². The van der Waals surface area contributed by atoms with Crippen molar-refractivity contribution in [2.75, 3.05) is 44.5 Å². The SMILES string of the molecule is Cl.O=C(c1cn(-c2cc3c(cc2C(=O)N2Cc4ccccc4C[C@H]2CN2CCOCC2)OCO3)c2ccccc12)N(c1ccccc1)c1ccc(O)cc1. The van der Waals surface area contributed by atoms with E-state index in [0.29, 0.717) is 59.4 Å². The van der Waals surface area contributed by atoms with E-state index in [-0.39, 0.29) is 42.8 Å². The number of hydrogen-bond donors (Lipinski definition) is 1. The van der Waals surface area contributed by atoms with Crippen LogP contribution in [-0.2, 0) is 17.7 Å². The van der Waals surface area contributed by atoms with Gasteiger partial charge >= 0.3 is 0 Å². The topological polar surface area (TPSA) is 96.7 Å². The number of ether oxygens (including phenoxy) is 3. The molecule has 0 saturated carbocycles. The van der Waals surface area contributed by atoms with Crippen molar-refractivity contribution in [1.82, 2.24) is 14.4 Å². The molecular formula is C43H39ClN4O6. The maximum atomic E-state index is 15.1. The molecule has 0 aliphatic carbocycles. The van der Waals surface area contributed by atoms with Crippen LogP contribution in [0, 0.1) is 0 Å². The van der Waals surface area contributed by atoms with Gasteiger partial charge in [0.15, 0.2) is 11.5 Å². The van der Waals surface area contributed by atoms with E-state index in [1.54, 1.807) is 35.2 Å². The Morgan fingerprint density at radius 3 is 2.20 bits per heavy atom. The molecule has 2 amide bonds. The van der Waals surface area contributed by atoms with Gasteiger partial charge in [0, 0.05) is 61.2 Å². The van der Waals surface area contributed by atoms with Crippen LogP contribution in [0.5, 0.6) is 17.2 Å². The Morgan fingerprint density at radius 1 is 0.759 bits per heavy atom. The van der Waals surface area contributed by atoms with E-state index in [2.05, 4.69) is 23.1 Å². The smallest absolute Gasteiger partial charge is 0.265 e. The number of carbonyl (C=O) groups excluding carboxylic acids is 2. The standard InChI is InChI=1S/C43H38N4O6.ClH/c48-34-16-14-32(15-17-34)47(31-10-2-1-3-11-31)43(50)37-27-46(38-13-7-6-12-35(37)38)39-24-41-40(52-28-53-41)23-36(39)42(49)45-25-30-9-5-4-8-29(30)22-33(45)26-44-18-20-51-21-19-44;/h1-17,23-24,27,33,48H,18-22,25-26,28H2;1H/t33-;/m0./s1. The number of carbonyl (C=O) groups is 2. The van der Waals surface area contributed by atoms with Gasteiger partial charge in [-0.2, -0.15) is 0 Å². The third-order valence-electron chi connectivity index (χ3n) is 10.4. The number of phenolic OH excluding ortho intramolecular Hbond substituents is 1. The third-order valence-corrected chi connectivity index (χ3v) is 10.4. The van der Waals surface area contributed by atoms with Crippen LogP contribution in [-0.4, -0.2) is 77.0 Å². The van der Waals surface area contributed by atoms with Gasteiger partial charge in [0.25, 0.3) is 11.8 Å². The lowest BCUT2D eigenvalue weighted by Gasteiger charge is -2.40. The number of para-hydroxylation sites is 2. The third kappa shape index (κ3) is 6.53. The van der Waals surface area contributed by atoms with Crippen LogP contribution in [0.1, 0.15) is 31.8 Å². The summed E-state index contributed by atoms with van der Waals surface area (Å²) in [5, 5.41) is 10.8. The lowest BCUT2D eigenvalue weighted by Crippen LogP contribution is -2.52. The van der Waals surface area contributed by atoms with Gasteiger partial charge in [-0.15, -0.1) is 12.4 Å². The van der Waals surface area contributed by atoms with E-state index < -0.39 is 0 Å². The van der Waals surface area contributed by atoms with Gasteiger partial charge in [0.1, 0.15) is 5.75 Å². The summed E-state index contributed by atoms with van der Waals surface area (Å²) in [6.07, 6.45) is 2.56. The van der Waals surface area contributed by atoms with E-state index in [1.165, 1.54) is 5.56 Å².